The van der Waals surface area contributed by atoms with Crippen molar-refractivity contribution in [3.8, 4) is 0 Å². The van der Waals surface area contributed by atoms with E-state index in [9.17, 15) is 22.8 Å². The van der Waals surface area contributed by atoms with E-state index in [1.54, 1.807) is 53.7 Å². The first kappa shape index (κ1) is 37.0. The second kappa shape index (κ2) is 14.5. The molecule has 2 heterocycles. The molecule has 0 spiro atoms. The van der Waals surface area contributed by atoms with Gasteiger partial charge in [0.1, 0.15) is 0 Å². The Kier molecular flexibility index (Phi) is 11.7. The van der Waals surface area contributed by atoms with Crippen molar-refractivity contribution < 1.29 is 32.3 Å². The van der Waals surface area contributed by atoms with Gasteiger partial charge in [-0.15, -0.1) is 11.3 Å². The van der Waals surface area contributed by atoms with Crippen LogP contribution in [-0.2, 0) is 43.7 Å². The molecule has 5 N–H and O–H groups in total. The second-order valence-electron chi connectivity index (χ2n) is 13.4. The molecule has 0 saturated carbocycles. The predicted molar refractivity (Wildman–Crippen MR) is 178 cm³/mol. The van der Waals surface area contributed by atoms with Crippen LogP contribution in [0.2, 0.25) is 0 Å². The molecular formula is C30H47N7O7S2. The number of amides is 3. The van der Waals surface area contributed by atoms with Crippen molar-refractivity contribution in [2.24, 2.45) is 11.1 Å². The second-order valence-corrected chi connectivity index (χ2v) is 16.4. The molecule has 1 unspecified atom stereocenters. The number of nitrogens with two attached hydrogens (primary N) is 1. The highest BCUT2D eigenvalue weighted by atomic mass is 32.2. The summed E-state index contributed by atoms with van der Waals surface area (Å²) in [7, 11) is -3.22. The Morgan fingerprint density at radius 3 is 2.09 bits per heavy atom. The number of nitrogens with one attached hydrogen (secondary N) is 3. The van der Waals surface area contributed by atoms with Crippen molar-refractivity contribution in [1.29, 1.82) is 0 Å². The predicted octanol–water partition coefficient (Wildman–Crippen LogP) is 3.70. The molecule has 1 aliphatic rings. The lowest BCUT2D eigenvalue weighted by molar-refractivity contribution is -0.202. The number of benzene rings is 1. The van der Waals surface area contributed by atoms with Crippen LogP contribution < -0.4 is 21.7 Å². The molecule has 1 aliphatic heterocycles. The van der Waals surface area contributed by atoms with E-state index >= 15 is 0 Å². The summed E-state index contributed by atoms with van der Waals surface area (Å²) in [5, 5.41) is 9.07. The van der Waals surface area contributed by atoms with Gasteiger partial charge in [0.15, 0.2) is 5.13 Å². The molecule has 1 fully saturated rings. The van der Waals surface area contributed by atoms with Gasteiger partial charge in [-0.1, -0.05) is 32.9 Å². The van der Waals surface area contributed by atoms with E-state index < -0.39 is 39.1 Å². The van der Waals surface area contributed by atoms with Gasteiger partial charge in [0.05, 0.1) is 17.4 Å². The monoisotopic (exact) mass is 681 g/mol. The largest absolute Gasteiger partial charge is 0.412 e. The number of rotatable bonds is 11. The highest BCUT2D eigenvalue weighted by molar-refractivity contribution is 7.88. The Morgan fingerprint density at radius 1 is 0.978 bits per heavy atom. The Hall–Kier alpha value is -3.47. The van der Waals surface area contributed by atoms with E-state index in [1.165, 1.54) is 28.8 Å². The van der Waals surface area contributed by atoms with Gasteiger partial charge in [-0.25, -0.2) is 23.0 Å². The van der Waals surface area contributed by atoms with Gasteiger partial charge in [0.25, 0.3) is 0 Å². The molecule has 256 valence electrons. The fourth-order valence-corrected chi connectivity index (χ4v) is 6.63. The third kappa shape index (κ3) is 10.8. The van der Waals surface area contributed by atoms with Crippen LogP contribution in [0.25, 0.3) is 0 Å². The molecule has 1 aromatic heterocycles. The minimum atomic E-state index is -3.22. The average molecular weight is 682 g/mol. The summed E-state index contributed by atoms with van der Waals surface area (Å²) < 4.78 is 36.4. The summed E-state index contributed by atoms with van der Waals surface area (Å²) in [5.74, 6) is -2.12. The lowest BCUT2D eigenvalue weighted by Gasteiger charge is -2.42. The van der Waals surface area contributed by atoms with Gasteiger partial charge >= 0.3 is 18.1 Å². The van der Waals surface area contributed by atoms with Crippen molar-refractivity contribution in [2.45, 2.75) is 79.3 Å². The molecule has 2 aromatic rings. The van der Waals surface area contributed by atoms with Crippen LogP contribution in [0.5, 0.6) is 0 Å². The number of hydrogen-bond acceptors (Lipinski definition) is 11. The lowest BCUT2D eigenvalue weighted by atomic mass is 9.90. The van der Waals surface area contributed by atoms with Crippen LogP contribution in [-0.4, -0.2) is 84.6 Å². The normalized spacial score (nSPS) is 16.3. The number of hydrogen-bond donors (Lipinski definition) is 4. The maximum absolute atomic E-state index is 12.8. The number of thiazole rings is 1. The topological polar surface area (TPSA) is 185 Å². The number of primary amides is 1. The molecule has 16 heteroatoms. The van der Waals surface area contributed by atoms with Crippen LogP contribution >= 0.6 is 11.3 Å². The number of carbonyl (C=O) groups is 3. The Labute approximate surface area is 275 Å². The molecule has 46 heavy (non-hydrogen) atoms. The van der Waals surface area contributed by atoms with Gasteiger partial charge in [-0.05, 0) is 51.3 Å². The van der Waals surface area contributed by atoms with Gasteiger partial charge in [-0.3, -0.25) is 9.69 Å². The SMILES string of the molecule is CC(=O)Nc1nc(CCc2ccc(NC(OC(N)=O)(OC(=O)NC(C)(C)C)C(C)(C)C)cc2)c(CN2CCN(S(C)(=O)=O)CC2)s1. The molecule has 0 bridgehead atoms. The number of piperazine rings is 1. The zero-order valence-corrected chi connectivity index (χ0v) is 29.5. The first-order valence-electron chi connectivity index (χ1n) is 15.0. The summed E-state index contributed by atoms with van der Waals surface area (Å²) in [4.78, 5) is 44.3. The first-order valence-corrected chi connectivity index (χ1v) is 17.6. The minimum absolute atomic E-state index is 0.205. The number of anilines is 2. The number of alkyl carbamates (subject to hydrolysis) is 1. The van der Waals surface area contributed by atoms with Crippen LogP contribution in [0.1, 0.15) is 64.6 Å². The van der Waals surface area contributed by atoms with E-state index in [0.717, 1.165) is 16.1 Å². The van der Waals surface area contributed by atoms with E-state index in [0.29, 0.717) is 56.4 Å². The number of ether oxygens (including phenoxy) is 2. The maximum atomic E-state index is 12.8. The third-order valence-corrected chi connectivity index (χ3v) is 9.39. The fraction of sp³-hybridized carbons (Fsp3) is 0.600. The van der Waals surface area contributed by atoms with Crippen molar-refractivity contribution in [1.82, 2.24) is 19.5 Å². The van der Waals surface area contributed by atoms with E-state index in [2.05, 4.69) is 25.8 Å². The standard InChI is InChI=1S/C30H47N7O7S2/c1-20(38)32-26-33-23(24(45-26)19-36-15-17-37(18-16-36)46(8,41)42)14-11-21-9-12-22(13-10-21)34-30(28(2,3)4,43-25(31)39)44-27(40)35-29(5,6)7/h9-10,12-13,34H,11,14-19H2,1-8H3,(H2,31,39)(H,35,40)(H,32,33,38). The molecule has 3 rings (SSSR count). The summed E-state index contributed by atoms with van der Waals surface area (Å²) in [5.41, 5.74) is 6.26. The molecule has 0 aliphatic carbocycles. The van der Waals surface area contributed by atoms with E-state index in [1.807, 2.05) is 12.1 Å². The molecule has 0 radical (unpaired) electrons. The molecule has 1 atom stereocenters. The van der Waals surface area contributed by atoms with Crippen molar-refractivity contribution in [3.63, 3.8) is 0 Å². The summed E-state index contributed by atoms with van der Waals surface area (Å²) in [6.45, 7) is 14.7. The highest BCUT2D eigenvalue weighted by Gasteiger charge is 2.50. The number of aryl methyl sites for hydroxylation is 2. The van der Waals surface area contributed by atoms with Crippen molar-refractivity contribution >= 4 is 50.3 Å². The Bertz CT molecular complexity index is 1490. The number of sulfonamides is 1. The van der Waals surface area contributed by atoms with Crippen LogP contribution in [0.3, 0.4) is 0 Å². The van der Waals surface area contributed by atoms with Crippen molar-refractivity contribution in [3.05, 3.63) is 40.4 Å². The first-order chi connectivity index (χ1) is 21.2. The molecule has 3 amide bonds. The van der Waals surface area contributed by atoms with E-state index in [-0.39, 0.29) is 5.91 Å². The maximum Gasteiger partial charge on any atom is 0.412 e. The number of carbonyl (C=O) groups excluding carboxylic acids is 3. The van der Waals surface area contributed by atoms with Crippen molar-refractivity contribution in [2.75, 3.05) is 43.1 Å². The minimum Gasteiger partial charge on any atom is -0.387 e. The highest BCUT2D eigenvalue weighted by Crippen LogP contribution is 2.37. The zero-order chi connectivity index (χ0) is 34.5. The number of nitrogens with zero attached hydrogens (tertiary/aromatic N) is 3. The smallest absolute Gasteiger partial charge is 0.387 e. The third-order valence-electron chi connectivity index (χ3n) is 7.09. The number of aromatic nitrogens is 1. The Balaban J connectivity index is 1.75. The van der Waals surface area contributed by atoms with Gasteiger partial charge < -0.3 is 31.2 Å². The molecule has 1 saturated heterocycles. The fourth-order valence-electron chi connectivity index (χ4n) is 4.71. The lowest BCUT2D eigenvalue weighted by Crippen LogP contribution is -2.59. The van der Waals surface area contributed by atoms with Gasteiger partial charge in [0, 0.05) is 55.8 Å². The molecule has 14 nitrogen and oxygen atoms in total. The summed E-state index contributed by atoms with van der Waals surface area (Å²) in [6.07, 6.45) is 0.572. The quantitative estimate of drug-likeness (QED) is 0.255. The molecular weight excluding hydrogens is 635 g/mol. The average Bonchev–Trinajstić information content (AvgIpc) is 3.25. The van der Waals surface area contributed by atoms with Gasteiger partial charge in [-0.2, -0.15) is 4.31 Å². The molecule has 1 aromatic carbocycles. The summed E-state index contributed by atoms with van der Waals surface area (Å²) in [6, 6.07) is 7.38. The van der Waals surface area contributed by atoms with E-state index in [4.69, 9.17) is 15.2 Å². The Morgan fingerprint density at radius 2 is 1.59 bits per heavy atom. The van der Waals surface area contributed by atoms with Crippen LogP contribution in [0.15, 0.2) is 24.3 Å². The van der Waals surface area contributed by atoms with Crippen LogP contribution in [0, 0.1) is 5.41 Å². The van der Waals surface area contributed by atoms with Gasteiger partial charge in [0.2, 0.25) is 15.9 Å². The van der Waals surface area contributed by atoms with Crippen LogP contribution in [0.4, 0.5) is 20.4 Å². The zero-order valence-electron chi connectivity index (χ0n) is 27.9. The summed E-state index contributed by atoms with van der Waals surface area (Å²) >= 11 is 1.42.